The molecule has 0 atom stereocenters. The Balaban J connectivity index is 1.36. The number of allylic oxidation sites excluding steroid dienone is 2. The van der Waals surface area contributed by atoms with Gasteiger partial charge in [0, 0.05) is 30.4 Å². The second-order valence-electron chi connectivity index (χ2n) is 7.21. The fourth-order valence-corrected chi connectivity index (χ4v) is 3.75. The zero-order valence-corrected chi connectivity index (χ0v) is 15.8. The Hall–Kier alpha value is -3.41. The van der Waals surface area contributed by atoms with Gasteiger partial charge in [0.25, 0.3) is 0 Å². The third-order valence-corrected chi connectivity index (χ3v) is 5.30. The summed E-state index contributed by atoms with van der Waals surface area (Å²) >= 11 is 0. The van der Waals surface area contributed by atoms with Gasteiger partial charge in [0.2, 0.25) is 5.95 Å². The molecule has 140 valence electrons. The van der Waals surface area contributed by atoms with E-state index in [4.69, 9.17) is 4.98 Å². The van der Waals surface area contributed by atoms with E-state index in [0.717, 1.165) is 54.3 Å². The summed E-state index contributed by atoms with van der Waals surface area (Å²) in [5.41, 5.74) is 6.24. The maximum absolute atomic E-state index is 4.75. The van der Waals surface area contributed by atoms with Gasteiger partial charge < -0.3 is 10.2 Å². The Labute approximate surface area is 163 Å². The topological polar surface area (TPSA) is 69.7 Å². The van der Waals surface area contributed by atoms with Crippen molar-refractivity contribution in [1.29, 1.82) is 0 Å². The average Bonchev–Trinajstić information content (AvgIpc) is 3.30. The smallest absolute Gasteiger partial charge is 0.227 e. The second kappa shape index (κ2) is 6.96. The number of rotatable bonds is 4. The molecule has 6 heteroatoms. The molecule has 0 saturated carbocycles. The van der Waals surface area contributed by atoms with Crippen LogP contribution in [0.1, 0.15) is 19.8 Å². The lowest BCUT2D eigenvalue weighted by Crippen LogP contribution is -2.23. The molecule has 0 amide bonds. The number of hydrogen-bond acceptors (Lipinski definition) is 5. The molecule has 28 heavy (non-hydrogen) atoms. The van der Waals surface area contributed by atoms with Crippen molar-refractivity contribution in [3.63, 3.8) is 0 Å². The molecule has 6 nitrogen and oxygen atoms in total. The highest BCUT2D eigenvalue weighted by Gasteiger charge is 2.22. The maximum Gasteiger partial charge on any atom is 0.227 e. The van der Waals surface area contributed by atoms with Gasteiger partial charge in [0.05, 0.1) is 11.7 Å². The van der Waals surface area contributed by atoms with Gasteiger partial charge in [-0.2, -0.15) is 10.1 Å². The molecular formula is C22H22N6. The van der Waals surface area contributed by atoms with Gasteiger partial charge in [-0.25, -0.2) is 4.98 Å². The highest BCUT2D eigenvalue weighted by molar-refractivity contribution is 5.82. The standard InChI is InChI=1S/C22H22N6/c1-2-15-4-3-5-16-13-28(14-18(16)10-15)22-23-9-8-21(26-22)25-19-6-7-20-17(11-19)12-24-27-20/h3,5-12H,2,4,13-14H2,1H3,(H,24,27)(H,23,25,26). The Kier molecular flexibility index (Phi) is 4.16. The molecule has 1 aliphatic carbocycles. The van der Waals surface area contributed by atoms with Crippen molar-refractivity contribution in [3.8, 4) is 0 Å². The fourth-order valence-electron chi connectivity index (χ4n) is 3.75. The zero-order valence-electron chi connectivity index (χ0n) is 15.8. The summed E-state index contributed by atoms with van der Waals surface area (Å²) in [5, 5.41) is 11.5. The van der Waals surface area contributed by atoms with E-state index in [1.807, 2.05) is 30.6 Å². The number of benzene rings is 1. The van der Waals surface area contributed by atoms with Crippen molar-refractivity contribution in [2.24, 2.45) is 0 Å². The summed E-state index contributed by atoms with van der Waals surface area (Å²) in [6, 6.07) is 7.98. The van der Waals surface area contributed by atoms with Crippen LogP contribution < -0.4 is 10.2 Å². The molecule has 0 saturated heterocycles. The van der Waals surface area contributed by atoms with E-state index in [2.05, 4.69) is 56.6 Å². The van der Waals surface area contributed by atoms with Crippen molar-refractivity contribution in [2.75, 3.05) is 23.3 Å². The summed E-state index contributed by atoms with van der Waals surface area (Å²) in [6.45, 7) is 3.93. The molecule has 1 aliphatic heterocycles. The van der Waals surface area contributed by atoms with Gasteiger partial charge in [-0.05, 0) is 48.3 Å². The number of fused-ring (bicyclic) bond motifs is 1. The normalized spacial score (nSPS) is 16.3. The highest BCUT2D eigenvalue weighted by Crippen LogP contribution is 2.29. The first-order chi connectivity index (χ1) is 13.8. The molecule has 3 heterocycles. The molecule has 0 bridgehead atoms. The van der Waals surface area contributed by atoms with Crippen LogP contribution in [0.25, 0.3) is 10.9 Å². The summed E-state index contributed by atoms with van der Waals surface area (Å²) in [4.78, 5) is 11.5. The first kappa shape index (κ1) is 16.7. The van der Waals surface area contributed by atoms with E-state index >= 15 is 0 Å². The lowest BCUT2D eigenvalue weighted by molar-refractivity contribution is 0.908. The van der Waals surface area contributed by atoms with Crippen molar-refractivity contribution in [1.82, 2.24) is 20.2 Å². The van der Waals surface area contributed by atoms with Crippen LogP contribution in [0.2, 0.25) is 0 Å². The van der Waals surface area contributed by atoms with Crippen LogP contribution >= 0.6 is 0 Å². The fraction of sp³-hybridized carbons (Fsp3) is 0.227. The number of aromatic nitrogens is 4. The van der Waals surface area contributed by atoms with Crippen molar-refractivity contribution >= 4 is 28.4 Å². The van der Waals surface area contributed by atoms with Crippen molar-refractivity contribution < 1.29 is 0 Å². The minimum atomic E-state index is 0.752. The van der Waals surface area contributed by atoms with Crippen LogP contribution in [0.3, 0.4) is 0 Å². The van der Waals surface area contributed by atoms with E-state index in [-0.39, 0.29) is 0 Å². The monoisotopic (exact) mass is 370 g/mol. The summed E-state index contributed by atoms with van der Waals surface area (Å²) in [7, 11) is 0. The molecule has 0 fully saturated rings. The van der Waals surface area contributed by atoms with Gasteiger partial charge >= 0.3 is 0 Å². The first-order valence-corrected chi connectivity index (χ1v) is 9.64. The number of H-pyrrole nitrogens is 1. The molecule has 2 aromatic heterocycles. The van der Waals surface area contributed by atoms with E-state index in [1.54, 1.807) is 0 Å². The molecule has 2 aliphatic rings. The lowest BCUT2D eigenvalue weighted by Gasteiger charge is -2.17. The van der Waals surface area contributed by atoms with Crippen LogP contribution in [0, 0.1) is 0 Å². The third-order valence-electron chi connectivity index (χ3n) is 5.30. The second-order valence-corrected chi connectivity index (χ2v) is 7.21. The predicted octanol–water partition coefficient (Wildman–Crippen LogP) is 4.51. The molecule has 0 unspecified atom stereocenters. The summed E-state index contributed by atoms with van der Waals surface area (Å²) in [6.07, 6.45) is 12.7. The molecule has 3 aromatic rings. The molecule has 5 rings (SSSR count). The van der Waals surface area contributed by atoms with Gasteiger partial charge in [0.1, 0.15) is 5.82 Å². The maximum atomic E-state index is 4.75. The van der Waals surface area contributed by atoms with Crippen LogP contribution in [0.5, 0.6) is 0 Å². The number of nitrogens with zero attached hydrogens (tertiary/aromatic N) is 4. The number of hydrogen-bond donors (Lipinski definition) is 2. The van der Waals surface area contributed by atoms with E-state index < -0.39 is 0 Å². The van der Waals surface area contributed by atoms with Crippen LogP contribution in [0.4, 0.5) is 17.5 Å². The van der Waals surface area contributed by atoms with E-state index in [9.17, 15) is 0 Å². The van der Waals surface area contributed by atoms with Gasteiger partial charge in [-0.15, -0.1) is 0 Å². The van der Waals surface area contributed by atoms with Crippen LogP contribution in [0.15, 0.2) is 71.6 Å². The minimum Gasteiger partial charge on any atom is -0.340 e. The van der Waals surface area contributed by atoms with E-state index in [0.29, 0.717) is 0 Å². The zero-order chi connectivity index (χ0) is 18.9. The average molecular weight is 370 g/mol. The van der Waals surface area contributed by atoms with E-state index in [1.165, 1.54) is 16.7 Å². The Morgan fingerprint density at radius 3 is 3.04 bits per heavy atom. The third kappa shape index (κ3) is 3.17. The molecule has 1 aromatic carbocycles. The largest absolute Gasteiger partial charge is 0.340 e. The molecular weight excluding hydrogens is 348 g/mol. The quantitative estimate of drug-likeness (QED) is 0.707. The first-order valence-electron chi connectivity index (χ1n) is 9.64. The molecule has 0 radical (unpaired) electrons. The number of nitrogens with one attached hydrogen (secondary N) is 2. The number of aromatic amines is 1. The summed E-state index contributed by atoms with van der Waals surface area (Å²) < 4.78 is 0. The predicted molar refractivity (Wildman–Crippen MR) is 113 cm³/mol. The summed E-state index contributed by atoms with van der Waals surface area (Å²) in [5.74, 6) is 1.54. The minimum absolute atomic E-state index is 0.752. The number of anilines is 3. The Morgan fingerprint density at radius 1 is 1.18 bits per heavy atom. The Bertz CT molecular complexity index is 1120. The van der Waals surface area contributed by atoms with Crippen LogP contribution in [-0.2, 0) is 0 Å². The molecule has 2 N–H and O–H groups in total. The SMILES string of the molecule is CCC1=CC2=C(C=CC1)CN(c1nccc(Nc3ccc4[nH]ncc4c3)n1)C2. The lowest BCUT2D eigenvalue weighted by atomic mass is 10.1. The van der Waals surface area contributed by atoms with Crippen LogP contribution in [-0.4, -0.2) is 33.3 Å². The van der Waals surface area contributed by atoms with Crippen molar-refractivity contribution in [3.05, 3.63) is 71.6 Å². The van der Waals surface area contributed by atoms with Gasteiger partial charge in [0.15, 0.2) is 0 Å². The Morgan fingerprint density at radius 2 is 2.11 bits per heavy atom. The highest BCUT2D eigenvalue weighted by atomic mass is 15.3. The van der Waals surface area contributed by atoms with Crippen molar-refractivity contribution in [2.45, 2.75) is 19.8 Å². The van der Waals surface area contributed by atoms with Gasteiger partial charge in [-0.1, -0.05) is 30.7 Å². The van der Waals surface area contributed by atoms with Gasteiger partial charge in [-0.3, -0.25) is 5.10 Å². The molecule has 0 spiro atoms.